The van der Waals surface area contributed by atoms with E-state index in [0.717, 1.165) is 5.56 Å². The van der Waals surface area contributed by atoms with Gasteiger partial charge in [-0.2, -0.15) is 10.2 Å². The first-order chi connectivity index (χ1) is 13.9. The van der Waals surface area contributed by atoms with E-state index in [2.05, 4.69) is 15.5 Å². The number of aryl methyl sites for hydroxylation is 1. The Morgan fingerprint density at radius 1 is 1.21 bits per heavy atom. The molecule has 7 nitrogen and oxygen atoms in total. The third kappa shape index (κ3) is 3.88. The van der Waals surface area contributed by atoms with E-state index in [-0.39, 0.29) is 11.5 Å². The van der Waals surface area contributed by atoms with Gasteiger partial charge >= 0.3 is 0 Å². The molecule has 4 rings (SSSR count). The number of benzene rings is 2. The smallest absolute Gasteiger partial charge is 0.280 e. The fourth-order valence-corrected chi connectivity index (χ4v) is 3.15. The van der Waals surface area contributed by atoms with Crippen molar-refractivity contribution in [3.63, 3.8) is 0 Å². The summed E-state index contributed by atoms with van der Waals surface area (Å²) in [4.78, 5) is 25.3. The Morgan fingerprint density at radius 3 is 2.72 bits per heavy atom. The number of hydrogen-bond donors (Lipinski definition) is 1. The molecule has 0 unspecified atom stereocenters. The first-order valence-electron chi connectivity index (χ1n) is 8.65. The molecule has 0 saturated carbocycles. The molecule has 1 N–H and O–H groups in total. The Kier molecular flexibility index (Phi) is 4.85. The zero-order valence-electron chi connectivity index (χ0n) is 15.3. The summed E-state index contributed by atoms with van der Waals surface area (Å²) in [5.41, 5.74) is 1.09. The molecule has 0 aliphatic rings. The number of hydrogen-bond acceptors (Lipinski definition) is 4. The third-order valence-electron chi connectivity index (χ3n) is 4.38. The normalized spacial score (nSPS) is 11.0. The van der Waals surface area contributed by atoms with Crippen LogP contribution in [0.2, 0.25) is 5.02 Å². The fourth-order valence-electron chi connectivity index (χ4n) is 2.98. The number of anilines is 1. The van der Waals surface area contributed by atoms with Crippen LogP contribution in [0.3, 0.4) is 0 Å². The summed E-state index contributed by atoms with van der Waals surface area (Å²) in [6, 6.07) is 10.9. The Morgan fingerprint density at radius 2 is 1.97 bits per heavy atom. The highest BCUT2D eigenvalue weighted by Crippen LogP contribution is 2.16. The molecule has 9 heteroatoms. The molecule has 2 aromatic carbocycles. The summed E-state index contributed by atoms with van der Waals surface area (Å²) >= 11 is 5.98. The molecule has 0 fully saturated rings. The second kappa shape index (κ2) is 7.48. The predicted molar refractivity (Wildman–Crippen MR) is 108 cm³/mol. The number of nitrogens with zero attached hydrogens (tertiary/aromatic N) is 4. The number of fused-ring (bicyclic) bond motifs is 1. The average molecular weight is 412 g/mol. The lowest BCUT2D eigenvalue weighted by Gasteiger charge is -2.08. The van der Waals surface area contributed by atoms with Crippen LogP contribution in [0.25, 0.3) is 10.9 Å². The van der Waals surface area contributed by atoms with E-state index in [1.807, 2.05) is 0 Å². The van der Waals surface area contributed by atoms with Crippen LogP contribution in [0, 0.1) is 5.82 Å². The predicted octanol–water partition coefficient (Wildman–Crippen LogP) is 3.22. The average Bonchev–Trinajstić information content (AvgIpc) is 3.13. The molecular weight excluding hydrogens is 397 g/mol. The van der Waals surface area contributed by atoms with Gasteiger partial charge in [0.15, 0.2) is 5.69 Å². The molecule has 4 aromatic rings. The van der Waals surface area contributed by atoms with Crippen molar-refractivity contribution in [1.29, 1.82) is 0 Å². The van der Waals surface area contributed by atoms with Crippen molar-refractivity contribution in [1.82, 2.24) is 19.6 Å². The van der Waals surface area contributed by atoms with Gasteiger partial charge in [0.2, 0.25) is 5.43 Å². The minimum Gasteiger partial charge on any atom is -0.318 e. The van der Waals surface area contributed by atoms with Crippen LogP contribution >= 0.6 is 11.6 Å². The summed E-state index contributed by atoms with van der Waals surface area (Å²) in [6.07, 6.45) is 3.08. The Hall–Kier alpha value is -3.52. The van der Waals surface area contributed by atoms with Gasteiger partial charge in [-0.15, -0.1) is 0 Å². The monoisotopic (exact) mass is 411 g/mol. The van der Waals surface area contributed by atoms with Gasteiger partial charge < -0.3 is 5.32 Å². The van der Waals surface area contributed by atoms with Gasteiger partial charge in [0.1, 0.15) is 5.82 Å². The quantitative estimate of drug-likeness (QED) is 0.559. The summed E-state index contributed by atoms with van der Waals surface area (Å²) in [6.45, 7) is 0.407. The van der Waals surface area contributed by atoms with Crippen molar-refractivity contribution < 1.29 is 9.18 Å². The highest BCUT2D eigenvalue weighted by atomic mass is 35.5. The Balaban J connectivity index is 1.57. The van der Waals surface area contributed by atoms with Crippen molar-refractivity contribution in [2.45, 2.75) is 6.54 Å². The number of halogens is 2. The van der Waals surface area contributed by atoms with Gasteiger partial charge in [0, 0.05) is 18.3 Å². The largest absolute Gasteiger partial charge is 0.318 e. The van der Waals surface area contributed by atoms with Crippen LogP contribution in [-0.4, -0.2) is 25.5 Å². The van der Waals surface area contributed by atoms with Crippen LogP contribution in [0.5, 0.6) is 0 Å². The van der Waals surface area contributed by atoms with E-state index in [9.17, 15) is 14.0 Å². The van der Waals surface area contributed by atoms with Crippen molar-refractivity contribution in [3.8, 4) is 0 Å². The lowest BCUT2D eigenvalue weighted by molar-refractivity contribution is 0.101. The summed E-state index contributed by atoms with van der Waals surface area (Å²) in [5.74, 6) is -0.957. The van der Waals surface area contributed by atoms with E-state index < -0.39 is 11.3 Å². The number of amides is 1. The highest BCUT2D eigenvalue weighted by Gasteiger charge is 2.17. The van der Waals surface area contributed by atoms with Gasteiger partial charge in [0.25, 0.3) is 5.91 Å². The first kappa shape index (κ1) is 18.8. The molecule has 0 atom stereocenters. The molecule has 0 spiro atoms. The van der Waals surface area contributed by atoms with Crippen LogP contribution in [0.1, 0.15) is 16.1 Å². The zero-order chi connectivity index (χ0) is 20.5. The molecular formula is C20H15ClFN5O2. The van der Waals surface area contributed by atoms with Gasteiger partial charge in [-0.25, -0.2) is 4.39 Å². The maximum Gasteiger partial charge on any atom is 0.280 e. The second-order valence-corrected chi connectivity index (χ2v) is 6.91. The van der Waals surface area contributed by atoms with Gasteiger partial charge in [-0.1, -0.05) is 23.7 Å². The number of carbonyl (C=O) groups excluding carboxylic acids is 1. The SMILES string of the molecule is Cn1nc(C(=O)Nc2cnn(Cc3ccc(F)cc3)c2)c(=O)c2cc(Cl)ccc21. The summed E-state index contributed by atoms with van der Waals surface area (Å²) in [5, 5.41) is 11.6. The standard InChI is InChI=1S/C20H15ClFN5O2/c1-26-17-7-4-13(21)8-16(17)19(28)18(25-26)20(29)24-15-9-23-27(11-15)10-12-2-5-14(22)6-3-12/h2-9,11H,10H2,1H3,(H,24,29). The summed E-state index contributed by atoms with van der Waals surface area (Å²) < 4.78 is 16.1. The highest BCUT2D eigenvalue weighted by molar-refractivity contribution is 6.31. The minimum atomic E-state index is -0.645. The van der Waals surface area contributed by atoms with E-state index in [0.29, 0.717) is 28.2 Å². The molecule has 0 bridgehead atoms. The fraction of sp³-hybridized carbons (Fsp3) is 0.100. The van der Waals surface area contributed by atoms with Crippen LogP contribution in [0.15, 0.2) is 59.7 Å². The lowest BCUT2D eigenvalue weighted by atomic mass is 10.2. The lowest BCUT2D eigenvalue weighted by Crippen LogP contribution is -2.26. The molecule has 0 saturated heterocycles. The molecule has 2 aromatic heterocycles. The minimum absolute atomic E-state index is 0.242. The van der Waals surface area contributed by atoms with Crippen molar-refractivity contribution in [3.05, 3.63) is 87.2 Å². The summed E-state index contributed by atoms with van der Waals surface area (Å²) in [7, 11) is 1.65. The molecule has 0 aliphatic heterocycles. The maximum atomic E-state index is 13.0. The zero-order valence-corrected chi connectivity index (χ0v) is 16.0. The van der Waals surface area contributed by atoms with Crippen LogP contribution in [0.4, 0.5) is 10.1 Å². The number of carbonyl (C=O) groups is 1. The third-order valence-corrected chi connectivity index (χ3v) is 4.62. The van der Waals surface area contributed by atoms with Gasteiger partial charge in [0.05, 0.1) is 29.3 Å². The van der Waals surface area contributed by atoms with Crippen LogP contribution in [-0.2, 0) is 13.6 Å². The van der Waals surface area contributed by atoms with E-state index >= 15 is 0 Å². The van der Waals surface area contributed by atoms with Gasteiger partial charge in [-0.3, -0.25) is 19.0 Å². The van der Waals surface area contributed by atoms with Crippen molar-refractivity contribution in [2.24, 2.45) is 7.05 Å². The molecule has 1 amide bonds. The maximum absolute atomic E-state index is 13.0. The molecule has 146 valence electrons. The van der Waals surface area contributed by atoms with E-state index in [1.54, 1.807) is 42.2 Å². The Bertz CT molecular complexity index is 1280. The number of rotatable bonds is 4. The van der Waals surface area contributed by atoms with Gasteiger partial charge in [-0.05, 0) is 35.9 Å². The molecule has 29 heavy (non-hydrogen) atoms. The number of aromatic nitrogens is 4. The number of nitrogens with one attached hydrogen (secondary N) is 1. The first-order valence-corrected chi connectivity index (χ1v) is 9.03. The molecule has 0 radical (unpaired) electrons. The van der Waals surface area contributed by atoms with Crippen molar-refractivity contribution >= 4 is 34.1 Å². The Labute approximate surface area is 169 Å². The second-order valence-electron chi connectivity index (χ2n) is 6.47. The van der Waals surface area contributed by atoms with Crippen molar-refractivity contribution in [2.75, 3.05) is 5.32 Å². The molecule has 0 aliphatic carbocycles. The molecule has 2 heterocycles. The van der Waals surface area contributed by atoms with Crippen LogP contribution < -0.4 is 10.7 Å². The van der Waals surface area contributed by atoms with E-state index in [4.69, 9.17) is 11.6 Å². The topological polar surface area (TPSA) is 81.8 Å². The van der Waals surface area contributed by atoms with E-state index in [1.165, 1.54) is 29.1 Å².